The van der Waals surface area contributed by atoms with Crippen LogP contribution < -0.4 is 5.73 Å². The van der Waals surface area contributed by atoms with Gasteiger partial charge in [0.15, 0.2) is 0 Å². The van der Waals surface area contributed by atoms with Gasteiger partial charge in [0.2, 0.25) is 0 Å². The SMILES string of the molecule is Cc1ccc(Sc2cccc(O)c2)c(N)c1. The van der Waals surface area contributed by atoms with Gasteiger partial charge < -0.3 is 10.8 Å². The average molecular weight is 231 g/mol. The van der Waals surface area contributed by atoms with Gasteiger partial charge in [-0.15, -0.1) is 0 Å². The third kappa shape index (κ3) is 2.49. The Morgan fingerprint density at radius 1 is 1.12 bits per heavy atom. The molecule has 82 valence electrons. The topological polar surface area (TPSA) is 46.2 Å². The number of nitrogens with two attached hydrogens (primary N) is 1. The zero-order valence-corrected chi connectivity index (χ0v) is 9.79. The van der Waals surface area contributed by atoms with Crippen molar-refractivity contribution >= 4 is 17.4 Å². The van der Waals surface area contributed by atoms with Crippen LogP contribution >= 0.6 is 11.8 Å². The summed E-state index contributed by atoms with van der Waals surface area (Å²) in [5.74, 6) is 0.274. The fourth-order valence-electron chi connectivity index (χ4n) is 1.43. The molecule has 3 N–H and O–H groups in total. The van der Waals surface area contributed by atoms with E-state index in [2.05, 4.69) is 0 Å². The third-order valence-corrected chi connectivity index (χ3v) is 3.29. The van der Waals surface area contributed by atoms with Gasteiger partial charge in [0, 0.05) is 15.5 Å². The average Bonchev–Trinajstić information content (AvgIpc) is 2.22. The molecule has 0 spiro atoms. The van der Waals surface area contributed by atoms with Gasteiger partial charge >= 0.3 is 0 Å². The Bertz CT molecular complexity index is 511. The number of hydrogen-bond acceptors (Lipinski definition) is 3. The highest BCUT2D eigenvalue weighted by Crippen LogP contribution is 2.33. The largest absolute Gasteiger partial charge is 0.508 e. The van der Waals surface area contributed by atoms with Gasteiger partial charge in [-0.2, -0.15) is 0 Å². The molecule has 2 aromatic rings. The maximum atomic E-state index is 9.36. The zero-order valence-electron chi connectivity index (χ0n) is 8.97. The lowest BCUT2D eigenvalue weighted by Crippen LogP contribution is -1.88. The lowest BCUT2D eigenvalue weighted by molar-refractivity contribution is 0.474. The molecule has 0 aliphatic heterocycles. The monoisotopic (exact) mass is 231 g/mol. The van der Waals surface area contributed by atoms with Crippen LogP contribution in [0.4, 0.5) is 5.69 Å². The molecule has 3 heteroatoms. The Labute approximate surface area is 99.1 Å². The second-order valence-corrected chi connectivity index (χ2v) is 4.76. The van der Waals surface area contributed by atoms with Gasteiger partial charge in [-0.1, -0.05) is 23.9 Å². The van der Waals surface area contributed by atoms with E-state index in [0.29, 0.717) is 0 Å². The standard InChI is InChI=1S/C13H13NOS/c1-9-5-6-13(12(14)7-9)16-11-4-2-3-10(15)8-11/h2-8,15H,14H2,1H3. The van der Waals surface area contributed by atoms with Crippen molar-refractivity contribution in [3.05, 3.63) is 48.0 Å². The number of phenols is 1. The highest BCUT2D eigenvalue weighted by atomic mass is 32.2. The maximum Gasteiger partial charge on any atom is 0.116 e. The minimum atomic E-state index is 0.274. The van der Waals surface area contributed by atoms with E-state index in [1.807, 2.05) is 37.3 Å². The Kier molecular flexibility index (Phi) is 3.06. The molecule has 0 aromatic heterocycles. The lowest BCUT2D eigenvalue weighted by Gasteiger charge is -2.06. The molecule has 16 heavy (non-hydrogen) atoms. The molecular weight excluding hydrogens is 218 g/mol. The second kappa shape index (κ2) is 4.49. The molecule has 0 saturated heterocycles. The first-order valence-corrected chi connectivity index (χ1v) is 5.80. The second-order valence-electron chi connectivity index (χ2n) is 3.64. The Morgan fingerprint density at radius 3 is 2.62 bits per heavy atom. The number of benzene rings is 2. The van der Waals surface area contributed by atoms with Gasteiger partial charge in [0.1, 0.15) is 5.75 Å². The molecule has 2 rings (SSSR count). The molecular formula is C13H13NOS. The fraction of sp³-hybridized carbons (Fsp3) is 0.0769. The van der Waals surface area contributed by atoms with Crippen molar-refractivity contribution in [2.24, 2.45) is 0 Å². The smallest absolute Gasteiger partial charge is 0.116 e. The van der Waals surface area contributed by atoms with E-state index in [4.69, 9.17) is 5.73 Å². The molecule has 0 aliphatic rings. The summed E-state index contributed by atoms with van der Waals surface area (Å²) < 4.78 is 0. The summed E-state index contributed by atoms with van der Waals surface area (Å²) in [5.41, 5.74) is 7.85. The predicted molar refractivity (Wildman–Crippen MR) is 67.8 cm³/mol. The van der Waals surface area contributed by atoms with Gasteiger partial charge in [-0.25, -0.2) is 0 Å². The number of aryl methyl sites for hydroxylation is 1. The van der Waals surface area contributed by atoms with Crippen LogP contribution in [-0.4, -0.2) is 5.11 Å². The normalized spacial score (nSPS) is 10.3. The van der Waals surface area contributed by atoms with E-state index in [1.165, 1.54) is 0 Å². The van der Waals surface area contributed by atoms with E-state index in [0.717, 1.165) is 21.0 Å². The highest BCUT2D eigenvalue weighted by Gasteiger charge is 2.02. The van der Waals surface area contributed by atoms with E-state index < -0.39 is 0 Å². The molecule has 0 unspecified atom stereocenters. The summed E-state index contributed by atoms with van der Waals surface area (Å²) in [4.78, 5) is 1.99. The van der Waals surface area contributed by atoms with Crippen LogP contribution in [0.1, 0.15) is 5.56 Å². The van der Waals surface area contributed by atoms with Crippen molar-refractivity contribution < 1.29 is 5.11 Å². The van der Waals surface area contributed by atoms with Gasteiger partial charge in [-0.3, -0.25) is 0 Å². The number of aromatic hydroxyl groups is 1. The van der Waals surface area contributed by atoms with Crippen molar-refractivity contribution in [1.29, 1.82) is 0 Å². The summed E-state index contributed by atoms with van der Waals surface area (Å²) in [7, 11) is 0. The van der Waals surface area contributed by atoms with Crippen LogP contribution in [-0.2, 0) is 0 Å². The molecule has 2 aromatic carbocycles. The van der Waals surface area contributed by atoms with E-state index in [1.54, 1.807) is 23.9 Å². The molecule has 0 bridgehead atoms. The molecule has 0 heterocycles. The number of nitrogen functional groups attached to an aromatic ring is 1. The Hall–Kier alpha value is -1.61. The van der Waals surface area contributed by atoms with Gasteiger partial charge in [0.05, 0.1) is 0 Å². The van der Waals surface area contributed by atoms with Crippen LogP contribution in [0.5, 0.6) is 5.75 Å². The first kappa shape index (κ1) is 10.9. The van der Waals surface area contributed by atoms with Gasteiger partial charge in [-0.05, 0) is 42.8 Å². The van der Waals surface area contributed by atoms with Gasteiger partial charge in [0.25, 0.3) is 0 Å². The van der Waals surface area contributed by atoms with Crippen molar-refractivity contribution in [3.8, 4) is 5.75 Å². The summed E-state index contributed by atoms with van der Waals surface area (Å²) in [5, 5.41) is 9.36. The van der Waals surface area contributed by atoms with Crippen molar-refractivity contribution in [3.63, 3.8) is 0 Å². The third-order valence-electron chi connectivity index (χ3n) is 2.21. The Morgan fingerprint density at radius 2 is 1.94 bits per heavy atom. The van der Waals surface area contributed by atoms with E-state index in [9.17, 15) is 5.11 Å². The van der Waals surface area contributed by atoms with E-state index in [-0.39, 0.29) is 5.75 Å². The Balaban J connectivity index is 2.27. The number of anilines is 1. The number of phenolic OH excluding ortho intramolecular Hbond substituents is 1. The minimum absolute atomic E-state index is 0.274. The lowest BCUT2D eigenvalue weighted by atomic mass is 10.2. The summed E-state index contributed by atoms with van der Waals surface area (Å²) in [6, 6.07) is 13.1. The maximum absolute atomic E-state index is 9.36. The minimum Gasteiger partial charge on any atom is -0.508 e. The molecule has 2 nitrogen and oxygen atoms in total. The predicted octanol–water partition coefficient (Wildman–Crippen LogP) is 3.43. The van der Waals surface area contributed by atoms with Crippen LogP contribution in [0.25, 0.3) is 0 Å². The molecule has 0 radical (unpaired) electrons. The van der Waals surface area contributed by atoms with E-state index >= 15 is 0 Å². The highest BCUT2D eigenvalue weighted by molar-refractivity contribution is 7.99. The quantitative estimate of drug-likeness (QED) is 0.778. The molecule has 0 saturated carbocycles. The molecule has 0 fully saturated rings. The number of hydrogen-bond donors (Lipinski definition) is 2. The molecule has 0 atom stereocenters. The van der Waals surface area contributed by atoms with Crippen molar-refractivity contribution in [2.75, 3.05) is 5.73 Å². The van der Waals surface area contributed by atoms with Crippen LogP contribution in [0.15, 0.2) is 52.3 Å². The molecule has 0 aliphatic carbocycles. The van der Waals surface area contributed by atoms with Crippen LogP contribution in [0, 0.1) is 6.92 Å². The zero-order chi connectivity index (χ0) is 11.5. The summed E-state index contributed by atoms with van der Waals surface area (Å²) >= 11 is 1.55. The first-order valence-electron chi connectivity index (χ1n) is 4.98. The summed E-state index contributed by atoms with van der Waals surface area (Å²) in [6.07, 6.45) is 0. The first-order chi connectivity index (χ1) is 7.65. The van der Waals surface area contributed by atoms with Crippen molar-refractivity contribution in [1.82, 2.24) is 0 Å². The molecule has 0 amide bonds. The van der Waals surface area contributed by atoms with Crippen LogP contribution in [0.2, 0.25) is 0 Å². The van der Waals surface area contributed by atoms with Crippen molar-refractivity contribution in [2.45, 2.75) is 16.7 Å². The number of rotatable bonds is 2. The van der Waals surface area contributed by atoms with Crippen LogP contribution in [0.3, 0.4) is 0 Å². The summed E-state index contributed by atoms with van der Waals surface area (Å²) in [6.45, 7) is 2.01. The fourth-order valence-corrected chi connectivity index (χ4v) is 2.33.